The number of amides is 1. The summed E-state index contributed by atoms with van der Waals surface area (Å²) >= 11 is 3.26. The summed E-state index contributed by atoms with van der Waals surface area (Å²) in [6.45, 7) is 4.05. The van der Waals surface area contributed by atoms with E-state index < -0.39 is 6.10 Å². The maximum Gasteiger partial charge on any atom is 0.410 e. The number of nitrogens with zero attached hydrogens (tertiary/aromatic N) is 3. The van der Waals surface area contributed by atoms with Crippen molar-refractivity contribution in [3.05, 3.63) is 29.9 Å². The number of aromatic nitrogens is 2. The highest BCUT2D eigenvalue weighted by molar-refractivity contribution is 7.98. The molecule has 2 aromatic heterocycles. The van der Waals surface area contributed by atoms with Crippen LogP contribution in [0, 0.1) is 0 Å². The van der Waals surface area contributed by atoms with Gasteiger partial charge in [0.2, 0.25) is 0 Å². The number of carbonyl (C=O) groups is 1. The maximum atomic E-state index is 12.1. The Kier molecular flexibility index (Phi) is 4.93. The van der Waals surface area contributed by atoms with Crippen LogP contribution in [-0.4, -0.2) is 57.0 Å². The molecule has 1 amide bonds. The molecule has 1 saturated heterocycles. The largest absolute Gasteiger partial charge is 0.445 e. The normalized spacial score (nSPS) is 21.0. The second-order valence-electron chi connectivity index (χ2n) is 5.42. The molecular weight excluding hydrogens is 334 g/mol. The lowest BCUT2D eigenvalue weighted by Gasteiger charge is -2.22. The van der Waals surface area contributed by atoms with Crippen LogP contribution in [0.1, 0.15) is 11.3 Å². The SMILES string of the molecule is C=CCOC(=O)N1C[C@H](O)C[C@H]1Cc1cn2c(SC)ncc2s1. The van der Waals surface area contributed by atoms with Crippen LogP contribution in [0.25, 0.3) is 4.83 Å². The first-order valence-corrected chi connectivity index (χ1v) is 9.38. The molecule has 23 heavy (non-hydrogen) atoms. The highest BCUT2D eigenvalue weighted by Gasteiger charge is 2.35. The van der Waals surface area contributed by atoms with Crippen molar-refractivity contribution in [2.45, 2.75) is 30.1 Å². The van der Waals surface area contributed by atoms with Gasteiger partial charge in [-0.15, -0.1) is 11.3 Å². The van der Waals surface area contributed by atoms with Crippen LogP contribution in [0.15, 0.2) is 30.2 Å². The number of thioether (sulfide) groups is 1. The zero-order valence-corrected chi connectivity index (χ0v) is 14.5. The summed E-state index contributed by atoms with van der Waals surface area (Å²) in [4.78, 5) is 20.3. The van der Waals surface area contributed by atoms with Gasteiger partial charge in [0.1, 0.15) is 11.4 Å². The molecule has 124 valence electrons. The van der Waals surface area contributed by atoms with Gasteiger partial charge >= 0.3 is 6.09 Å². The monoisotopic (exact) mass is 353 g/mol. The van der Waals surface area contributed by atoms with Gasteiger partial charge in [0.05, 0.1) is 18.8 Å². The third-order valence-electron chi connectivity index (χ3n) is 3.81. The average molecular weight is 353 g/mol. The minimum absolute atomic E-state index is 0.0450. The number of fused-ring (bicyclic) bond motifs is 1. The van der Waals surface area contributed by atoms with Crippen molar-refractivity contribution in [2.75, 3.05) is 19.4 Å². The van der Waals surface area contributed by atoms with Crippen molar-refractivity contribution in [3.63, 3.8) is 0 Å². The number of rotatable bonds is 5. The van der Waals surface area contributed by atoms with Crippen LogP contribution in [0.4, 0.5) is 4.79 Å². The summed E-state index contributed by atoms with van der Waals surface area (Å²) in [7, 11) is 0. The van der Waals surface area contributed by atoms with Crippen LogP contribution in [0.5, 0.6) is 0 Å². The number of ether oxygens (including phenoxy) is 1. The first kappa shape index (κ1) is 16.4. The molecule has 1 aliphatic rings. The summed E-state index contributed by atoms with van der Waals surface area (Å²) in [6, 6.07) is -0.0450. The van der Waals surface area contributed by atoms with Crippen molar-refractivity contribution in [1.82, 2.24) is 14.3 Å². The number of aliphatic hydroxyl groups is 1. The molecule has 0 bridgehead atoms. The second kappa shape index (κ2) is 6.94. The predicted octanol–water partition coefficient (Wildman–Crippen LogP) is 2.42. The molecule has 2 atom stereocenters. The molecule has 0 saturated carbocycles. The van der Waals surface area contributed by atoms with Crippen molar-refractivity contribution in [3.8, 4) is 0 Å². The van der Waals surface area contributed by atoms with Gasteiger partial charge in [0, 0.05) is 23.5 Å². The Labute approximate surface area is 142 Å². The smallest absolute Gasteiger partial charge is 0.410 e. The van der Waals surface area contributed by atoms with Gasteiger partial charge in [0.15, 0.2) is 5.16 Å². The fourth-order valence-electron chi connectivity index (χ4n) is 2.83. The number of likely N-dealkylation sites (tertiary alicyclic amines) is 1. The van der Waals surface area contributed by atoms with Gasteiger partial charge < -0.3 is 14.7 Å². The number of thiazole rings is 1. The predicted molar refractivity (Wildman–Crippen MR) is 91.2 cm³/mol. The van der Waals surface area contributed by atoms with Crippen LogP contribution in [-0.2, 0) is 11.2 Å². The van der Waals surface area contributed by atoms with Crippen molar-refractivity contribution >= 4 is 34.0 Å². The minimum atomic E-state index is -0.495. The fraction of sp³-hybridized carbons (Fsp3) is 0.467. The fourth-order valence-corrected chi connectivity index (χ4v) is 4.44. The Morgan fingerprint density at radius 2 is 2.52 bits per heavy atom. The van der Waals surface area contributed by atoms with E-state index in [4.69, 9.17) is 4.74 Å². The molecule has 3 rings (SSSR count). The van der Waals surface area contributed by atoms with E-state index in [1.807, 2.05) is 12.5 Å². The van der Waals surface area contributed by atoms with Gasteiger partial charge in [-0.25, -0.2) is 9.78 Å². The molecule has 0 aliphatic carbocycles. The Morgan fingerprint density at radius 1 is 1.70 bits per heavy atom. The standard InChI is InChI=1S/C15H19N3O3S2/c1-3-4-21-15(20)17-8-11(19)5-10(17)6-12-9-18-13(23-12)7-16-14(18)22-2/h3,7,9-11,19H,1,4-6,8H2,2H3/t10-,11+/m0/s1. The first-order chi connectivity index (χ1) is 11.1. The zero-order chi connectivity index (χ0) is 16.4. The number of β-amino-alcohol motifs (C(OH)–C–C–N with tert-alkyl or cyclic N) is 1. The van der Waals surface area contributed by atoms with Gasteiger partial charge in [-0.05, 0) is 12.7 Å². The van der Waals surface area contributed by atoms with E-state index in [-0.39, 0.29) is 18.7 Å². The van der Waals surface area contributed by atoms with Crippen LogP contribution >= 0.6 is 23.1 Å². The molecule has 1 fully saturated rings. The summed E-state index contributed by atoms with van der Waals surface area (Å²) in [5.74, 6) is 0. The van der Waals surface area contributed by atoms with E-state index in [0.29, 0.717) is 19.4 Å². The van der Waals surface area contributed by atoms with E-state index >= 15 is 0 Å². The van der Waals surface area contributed by atoms with Gasteiger partial charge in [-0.1, -0.05) is 24.4 Å². The topological polar surface area (TPSA) is 67.1 Å². The van der Waals surface area contributed by atoms with Crippen molar-refractivity contribution < 1.29 is 14.6 Å². The van der Waals surface area contributed by atoms with E-state index in [0.717, 1.165) is 9.99 Å². The highest BCUT2D eigenvalue weighted by Crippen LogP contribution is 2.28. The molecule has 0 radical (unpaired) electrons. The Balaban J connectivity index is 1.74. The third kappa shape index (κ3) is 3.39. The molecule has 2 aromatic rings. The van der Waals surface area contributed by atoms with Crippen LogP contribution in [0.3, 0.4) is 0 Å². The molecule has 0 aromatic carbocycles. The van der Waals surface area contributed by atoms with E-state index in [9.17, 15) is 9.90 Å². The Morgan fingerprint density at radius 3 is 3.26 bits per heavy atom. The Hall–Kier alpha value is -1.51. The van der Waals surface area contributed by atoms with E-state index in [1.54, 1.807) is 34.1 Å². The molecule has 3 heterocycles. The molecule has 8 heteroatoms. The number of imidazole rings is 1. The summed E-state index contributed by atoms with van der Waals surface area (Å²) in [5, 5.41) is 10.9. The van der Waals surface area contributed by atoms with Gasteiger partial charge in [-0.2, -0.15) is 0 Å². The van der Waals surface area contributed by atoms with Gasteiger partial charge in [0.25, 0.3) is 0 Å². The second-order valence-corrected chi connectivity index (χ2v) is 7.34. The third-order valence-corrected chi connectivity index (χ3v) is 5.52. The van der Waals surface area contributed by atoms with Crippen molar-refractivity contribution in [2.24, 2.45) is 0 Å². The van der Waals surface area contributed by atoms with E-state index in [2.05, 4.69) is 22.2 Å². The van der Waals surface area contributed by atoms with Gasteiger partial charge in [-0.3, -0.25) is 4.40 Å². The summed E-state index contributed by atoms with van der Waals surface area (Å²) in [5.41, 5.74) is 0. The first-order valence-electron chi connectivity index (χ1n) is 7.34. The molecule has 1 aliphatic heterocycles. The lowest BCUT2D eigenvalue weighted by Crippen LogP contribution is -2.37. The lowest BCUT2D eigenvalue weighted by atomic mass is 10.1. The minimum Gasteiger partial charge on any atom is -0.445 e. The summed E-state index contributed by atoms with van der Waals surface area (Å²) in [6.07, 6.45) is 7.86. The summed E-state index contributed by atoms with van der Waals surface area (Å²) < 4.78 is 7.18. The van der Waals surface area contributed by atoms with Crippen LogP contribution < -0.4 is 0 Å². The van der Waals surface area contributed by atoms with Crippen LogP contribution in [0.2, 0.25) is 0 Å². The number of carbonyl (C=O) groups excluding carboxylic acids is 1. The Bertz CT molecular complexity index is 712. The molecular formula is C15H19N3O3S2. The molecule has 0 unspecified atom stereocenters. The maximum absolute atomic E-state index is 12.1. The number of hydrogen-bond donors (Lipinski definition) is 1. The lowest BCUT2D eigenvalue weighted by molar-refractivity contribution is 0.102. The quantitative estimate of drug-likeness (QED) is 0.660. The molecule has 0 spiro atoms. The van der Waals surface area contributed by atoms with Crippen molar-refractivity contribution in [1.29, 1.82) is 0 Å². The molecule has 6 nitrogen and oxygen atoms in total. The average Bonchev–Trinajstić information content (AvgIpc) is 3.19. The van der Waals surface area contributed by atoms with E-state index in [1.165, 1.54) is 4.88 Å². The number of hydrogen-bond acceptors (Lipinski definition) is 6. The zero-order valence-electron chi connectivity index (χ0n) is 12.8. The highest BCUT2D eigenvalue weighted by atomic mass is 32.2. The molecule has 1 N–H and O–H groups in total. The number of aliphatic hydroxyl groups excluding tert-OH is 1.